The molecule has 0 saturated carbocycles. The number of nitrogens with two attached hydrogens (primary N) is 1. The average Bonchev–Trinajstić information content (AvgIpc) is 2.70. The van der Waals surface area contributed by atoms with Crippen molar-refractivity contribution in [3.8, 4) is 0 Å². The number of benzene rings is 1. The number of halogens is 2. The predicted octanol–water partition coefficient (Wildman–Crippen LogP) is 1.63. The number of alkyl halides is 2. The zero-order valence-corrected chi connectivity index (χ0v) is 15.8. The van der Waals surface area contributed by atoms with Gasteiger partial charge in [-0.3, -0.25) is 14.7 Å². The number of piperidine rings is 1. The Morgan fingerprint density at radius 2 is 2.21 bits per heavy atom. The zero-order chi connectivity index (χ0) is 20.3. The lowest BCUT2D eigenvalue weighted by Crippen LogP contribution is -2.65. The molecular weight excluding hydrogens is 366 g/mol. The number of carbonyl (C=O) groups excluding carboxylic acids is 1. The molecule has 1 aromatic heterocycles. The van der Waals surface area contributed by atoms with Crippen molar-refractivity contribution in [2.75, 3.05) is 26.2 Å². The van der Waals surface area contributed by atoms with Crippen molar-refractivity contribution in [3.05, 3.63) is 42.1 Å². The van der Waals surface area contributed by atoms with E-state index in [4.69, 9.17) is 10.8 Å². The Balaban J connectivity index is 1.70. The molecule has 28 heavy (non-hydrogen) atoms. The van der Waals surface area contributed by atoms with Crippen molar-refractivity contribution in [2.45, 2.75) is 31.4 Å². The van der Waals surface area contributed by atoms with E-state index in [0.717, 1.165) is 5.39 Å². The van der Waals surface area contributed by atoms with Gasteiger partial charge >= 0.3 is 0 Å². The number of nitrogens with zero attached hydrogens (tertiary/aromatic N) is 2. The summed E-state index contributed by atoms with van der Waals surface area (Å²) in [6, 6.07) is 8.67. The number of hydrogen-bond acceptors (Lipinski definition) is 5. The first kappa shape index (κ1) is 20.6. The summed E-state index contributed by atoms with van der Waals surface area (Å²) in [6.07, 6.45) is -1.89. The molecule has 1 fully saturated rings. The molecule has 2 heterocycles. The van der Waals surface area contributed by atoms with Gasteiger partial charge in [0.2, 0.25) is 0 Å². The molecule has 6 nitrogen and oxygen atoms in total. The number of hydrogen-bond donors (Lipinski definition) is 3. The second-order valence-electron chi connectivity index (χ2n) is 7.52. The van der Waals surface area contributed by atoms with Crippen molar-refractivity contribution >= 4 is 16.8 Å². The molecule has 4 N–H and O–H groups in total. The van der Waals surface area contributed by atoms with E-state index in [1.807, 2.05) is 19.1 Å². The monoisotopic (exact) mass is 392 g/mol. The molecule has 4 atom stereocenters. The summed E-state index contributed by atoms with van der Waals surface area (Å²) in [7, 11) is 0. The molecule has 1 aromatic carbocycles. The van der Waals surface area contributed by atoms with Gasteiger partial charge in [-0.05, 0) is 18.1 Å². The molecule has 8 heteroatoms. The molecule has 0 aliphatic carbocycles. The maximum atomic E-state index is 15.3. The fraction of sp³-hybridized carbons (Fsp3) is 0.500. The van der Waals surface area contributed by atoms with E-state index in [-0.39, 0.29) is 31.1 Å². The highest BCUT2D eigenvalue weighted by Crippen LogP contribution is 2.31. The van der Waals surface area contributed by atoms with Crippen LogP contribution in [-0.2, 0) is 0 Å². The first-order valence-corrected chi connectivity index (χ1v) is 9.41. The van der Waals surface area contributed by atoms with Gasteiger partial charge in [0, 0.05) is 44.2 Å². The molecule has 1 saturated heterocycles. The maximum absolute atomic E-state index is 15.3. The molecule has 0 spiro atoms. The van der Waals surface area contributed by atoms with Crippen LogP contribution in [-0.4, -0.2) is 65.1 Å². The van der Waals surface area contributed by atoms with Gasteiger partial charge in [0.1, 0.15) is 12.3 Å². The fourth-order valence-corrected chi connectivity index (χ4v) is 3.60. The molecule has 1 aliphatic rings. The number of para-hydroxylation sites is 1. The Morgan fingerprint density at radius 1 is 1.46 bits per heavy atom. The van der Waals surface area contributed by atoms with Crippen LogP contribution in [0.15, 0.2) is 36.5 Å². The summed E-state index contributed by atoms with van der Waals surface area (Å²) in [5.74, 6) is -0.607. The molecule has 152 valence electrons. The van der Waals surface area contributed by atoms with Crippen molar-refractivity contribution in [1.82, 2.24) is 15.2 Å². The van der Waals surface area contributed by atoms with Crippen LogP contribution in [0.4, 0.5) is 8.78 Å². The number of aliphatic hydroxyl groups is 1. The topological polar surface area (TPSA) is 91.5 Å². The number of aliphatic hydroxyl groups excluding tert-OH is 1. The predicted molar refractivity (Wildman–Crippen MR) is 103 cm³/mol. The van der Waals surface area contributed by atoms with E-state index in [9.17, 15) is 9.18 Å². The van der Waals surface area contributed by atoms with Crippen LogP contribution in [0.2, 0.25) is 0 Å². The SMILES string of the molecule is CC(CO)CN1CCC(F)(C(N)NC(=O)c2cccc3cccnc23)C(F)C1. The van der Waals surface area contributed by atoms with Gasteiger partial charge < -0.3 is 16.2 Å². The summed E-state index contributed by atoms with van der Waals surface area (Å²) >= 11 is 0. The van der Waals surface area contributed by atoms with Crippen molar-refractivity contribution in [2.24, 2.45) is 11.7 Å². The van der Waals surface area contributed by atoms with E-state index < -0.39 is 23.9 Å². The van der Waals surface area contributed by atoms with Gasteiger partial charge in [-0.25, -0.2) is 8.78 Å². The summed E-state index contributed by atoms with van der Waals surface area (Å²) in [5.41, 5.74) is 4.29. The summed E-state index contributed by atoms with van der Waals surface area (Å²) in [6.45, 7) is 2.49. The number of amides is 1. The summed E-state index contributed by atoms with van der Waals surface area (Å²) < 4.78 is 30.0. The number of pyridine rings is 1. The molecule has 4 unspecified atom stereocenters. The van der Waals surface area contributed by atoms with E-state index in [1.54, 1.807) is 29.3 Å². The van der Waals surface area contributed by atoms with Crippen molar-refractivity contribution in [3.63, 3.8) is 0 Å². The second kappa shape index (κ2) is 8.46. The van der Waals surface area contributed by atoms with Gasteiger partial charge in [0.15, 0.2) is 5.67 Å². The fourth-order valence-electron chi connectivity index (χ4n) is 3.60. The highest BCUT2D eigenvalue weighted by Gasteiger charge is 2.49. The van der Waals surface area contributed by atoms with Gasteiger partial charge in [-0.1, -0.05) is 25.1 Å². The van der Waals surface area contributed by atoms with Crippen LogP contribution in [0.3, 0.4) is 0 Å². The van der Waals surface area contributed by atoms with Crippen LogP contribution in [0.5, 0.6) is 0 Å². The first-order valence-electron chi connectivity index (χ1n) is 9.41. The highest BCUT2D eigenvalue weighted by atomic mass is 19.2. The van der Waals surface area contributed by atoms with Gasteiger partial charge in [-0.2, -0.15) is 0 Å². The van der Waals surface area contributed by atoms with Crippen LogP contribution in [0.1, 0.15) is 23.7 Å². The lowest BCUT2D eigenvalue weighted by atomic mass is 9.88. The molecule has 0 bridgehead atoms. The highest BCUT2D eigenvalue weighted by molar-refractivity contribution is 6.05. The Hall–Kier alpha value is -2.16. The standard InChI is InChI=1S/C20H26F2N4O2/c1-13(12-27)10-26-9-7-20(22,16(21)11-26)19(23)25-18(28)15-6-2-4-14-5-3-8-24-17(14)15/h2-6,8,13,16,19,27H,7,9-12,23H2,1H3,(H,25,28). The summed E-state index contributed by atoms with van der Waals surface area (Å²) in [4.78, 5) is 18.6. The molecule has 2 aromatic rings. The Morgan fingerprint density at radius 3 is 2.93 bits per heavy atom. The molecule has 3 rings (SSSR count). The number of carbonyl (C=O) groups is 1. The zero-order valence-electron chi connectivity index (χ0n) is 15.8. The second-order valence-corrected chi connectivity index (χ2v) is 7.52. The number of nitrogens with one attached hydrogen (secondary N) is 1. The molecule has 0 radical (unpaired) electrons. The van der Waals surface area contributed by atoms with Gasteiger partial charge in [0.05, 0.1) is 11.1 Å². The normalized spacial score (nSPS) is 25.4. The minimum absolute atomic E-state index is 0.0111. The third-order valence-electron chi connectivity index (χ3n) is 5.31. The number of rotatable bonds is 6. The lowest BCUT2D eigenvalue weighted by Gasteiger charge is -2.42. The number of aromatic nitrogens is 1. The van der Waals surface area contributed by atoms with E-state index in [1.165, 1.54) is 0 Å². The van der Waals surface area contributed by atoms with Crippen LogP contribution >= 0.6 is 0 Å². The van der Waals surface area contributed by atoms with E-state index in [2.05, 4.69) is 10.3 Å². The Bertz CT molecular complexity index is 831. The third-order valence-corrected chi connectivity index (χ3v) is 5.31. The van der Waals surface area contributed by atoms with Gasteiger partial charge in [0.25, 0.3) is 5.91 Å². The average molecular weight is 392 g/mol. The van der Waals surface area contributed by atoms with E-state index >= 15 is 4.39 Å². The van der Waals surface area contributed by atoms with Crippen LogP contribution < -0.4 is 11.1 Å². The molecule has 1 aliphatic heterocycles. The smallest absolute Gasteiger partial charge is 0.254 e. The first-order chi connectivity index (χ1) is 13.3. The quantitative estimate of drug-likeness (QED) is 0.650. The largest absolute Gasteiger partial charge is 0.396 e. The minimum Gasteiger partial charge on any atom is -0.396 e. The molecular formula is C20H26F2N4O2. The van der Waals surface area contributed by atoms with E-state index in [0.29, 0.717) is 18.6 Å². The third kappa shape index (κ3) is 4.14. The van der Waals surface area contributed by atoms with Crippen molar-refractivity contribution in [1.29, 1.82) is 0 Å². The van der Waals surface area contributed by atoms with Crippen LogP contribution in [0.25, 0.3) is 10.9 Å². The minimum atomic E-state index is -2.35. The maximum Gasteiger partial charge on any atom is 0.254 e. The summed E-state index contributed by atoms with van der Waals surface area (Å²) in [5, 5.41) is 12.3. The molecule has 1 amide bonds. The number of likely N-dealkylation sites (tertiary alicyclic amines) is 1. The van der Waals surface area contributed by atoms with Crippen molar-refractivity contribution < 1.29 is 18.7 Å². The lowest BCUT2D eigenvalue weighted by molar-refractivity contribution is -0.0486. The van der Waals surface area contributed by atoms with Gasteiger partial charge in [-0.15, -0.1) is 0 Å². The Kier molecular flexibility index (Phi) is 6.22. The van der Waals surface area contributed by atoms with Crippen LogP contribution in [0, 0.1) is 5.92 Å². The number of fused-ring (bicyclic) bond motifs is 1. The Labute approximate surface area is 162 Å².